The van der Waals surface area contributed by atoms with E-state index < -0.39 is 9.84 Å². The van der Waals surface area contributed by atoms with Crippen LogP contribution >= 0.6 is 0 Å². The van der Waals surface area contributed by atoms with Crippen molar-refractivity contribution in [1.82, 2.24) is 19.7 Å². The Kier molecular flexibility index (Phi) is 5.97. The van der Waals surface area contributed by atoms with Gasteiger partial charge >= 0.3 is 0 Å². The Morgan fingerprint density at radius 2 is 2.14 bits per heavy atom. The molecule has 3 rings (SSSR count). The summed E-state index contributed by atoms with van der Waals surface area (Å²) in [6, 6.07) is -0.272. The first-order valence-corrected chi connectivity index (χ1v) is 11.5. The number of amides is 1. The minimum Gasteiger partial charge on any atom is -0.479 e. The lowest BCUT2D eigenvalue weighted by atomic mass is 9.99. The SMILES string of the molecule is C=CCN(C(=O)CCc1c(C)nc2c(c(OC)nn2C)c1C)C1CCS(=O)(=O)C1. The van der Waals surface area contributed by atoms with Crippen LogP contribution in [0.25, 0.3) is 11.0 Å². The molecule has 2 aromatic heterocycles. The molecule has 1 atom stereocenters. The van der Waals surface area contributed by atoms with Crippen molar-refractivity contribution in [1.29, 1.82) is 0 Å². The van der Waals surface area contributed by atoms with Gasteiger partial charge in [0.25, 0.3) is 0 Å². The van der Waals surface area contributed by atoms with Crippen LogP contribution in [0.15, 0.2) is 12.7 Å². The van der Waals surface area contributed by atoms with Gasteiger partial charge in [-0.3, -0.25) is 4.79 Å². The van der Waals surface area contributed by atoms with E-state index in [1.54, 1.807) is 22.8 Å². The molecule has 0 bridgehead atoms. The van der Waals surface area contributed by atoms with E-state index in [0.717, 1.165) is 27.9 Å². The van der Waals surface area contributed by atoms with Crippen molar-refractivity contribution < 1.29 is 17.9 Å². The first kappa shape index (κ1) is 21.3. The van der Waals surface area contributed by atoms with Crippen LogP contribution in [0.1, 0.15) is 29.7 Å². The van der Waals surface area contributed by atoms with Gasteiger partial charge in [0.2, 0.25) is 11.8 Å². The first-order chi connectivity index (χ1) is 13.7. The molecule has 9 heteroatoms. The predicted molar refractivity (Wildman–Crippen MR) is 112 cm³/mol. The molecule has 0 aromatic carbocycles. The summed E-state index contributed by atoms with van der Waals surface area (Å²) >= 11 is 0. The third-order valence-electron chi connectivity index (χ3n) is 5.60. The van der Waals surface area contributed by atoms with Gasteiger partial charge in [0.05, 0.1) is 24.0 Å². The molecule has 1 aliphatic heterocycles. The fraction of sp³-hybridized carbons (Fsp3) is 0.550. The summed E-state index contributed by atoms with van der Waals surface area (Å²) in [5, 5.41) is 5.21. The standard InChI is InChI=1S/C20H28N4O4S/c1-6-10-24(15-9-11-29(26,27)12-15)17(25)8-7-16-13(2)18-19(21-14(16)3)23(4)22-20(18)28-5/h6,15H,1,7-12H2,2-5H3. The third kappa shape index (κ3) is 4.14. The maximum atomic E-state index is 12.9. The lowest BCUT2D eigenvalue weighted by molar-refractivity contribution is -0.132. The first-order valence-electron chi connectivity index (χ1n) is 9.66. The Hall–Kier alpha value is -2.42. The van der Waals surface area contributed by atoms with Crippen LogP contribution in [-0.2, 0) is 28.1 Å². The second-order valence-corrected chi connectivity index (χ2v) is 9.75. The minimum absolute atomic E-state index is 0.0328. The van der Waals surface area contributed by atoms with E-state index in [2.05, 4.69) is 16.7 Å². The van der Waals surface area contributed by atoms with Crippen molar-refractivity contribution in [2.75, 3.05) is 25.2 Å². The summed E-state index contributed by atoms with van der Waals surface area (Å²) in [5.41, 5.74) is 3.60. The van der Waals surface area contributed by atoms with Crippen LogP contribution in [0.5, 0.6) is 5.88 Å². The predicted octanol–water partition coefficient (Wildman–Crippen LogP) is 1.73. The highest BCUT2D eigenvalue weighted by Crippen LogP contribution is 2.30. The topological polar surface area (TPSA) is 94.4 Å². The summed E-state index contributed by atoms with van der Waals surface area (Å²) in [6.45, 7) is 7.99. The summed E-state index contributed by atoms with van der Waals surface area (Å²) in [4.78, 5) is 19.3. The van der Waals surface area contributed by atoms with Crippen molar-refractivity contribution in [3.05, 3.63) is 29.5 Å². The highest BCUT2D eigenvalue weighted by Gasteiger charge is 2.34. The number of carbonyl (C=O) groups is 1. The van der Waals surface area contributed by atoms with Gasteiger partial charge in [-0.05, 0) is 37.8 Å². The molecule has 0 saturated carbocycles. The number of hydrogen-bond acceptors (Lipinski definition) is 6. The monoisotopic (exact) mass is 420 g/mol. The average Bonchev–Trinajstić information content (AvgIpc) is 3.18. The van der Waals surface area contributed by atoms with Crippen LogP contribution in [0.2, 0.25) is 0 Å². The van der Waals surface area contributed by atoms with Gasteiger partial charge < -0.3 is 9.64 Å². The molecular formula is C20H28N4O4S. The smallest absolute Gasteiger partial charge is 0.242 e. The molecule has 0 aliphatic carbocycles. The number of rotatable bonds is 7. The summed E-state index contributed by atoms with van der Waals surface area (Å²) < 4.78 is 30.8. The van der Waals surface area contributed by atoms with Crippen LogP contribution < -0.4 is 4.74 Å². The number of hydrogen-bond donors (Lipinski definition) is 0. The normalized spacial score (nSPS) is 18.1. The largest absolute Gasteiger partial charge is 0.479 e. The van der Waals surface area contributed by atoms with Gasteiger partial charge in [0.15, 0.2) is 15.5 Å². The van der Waals surface area contributed by atoms with Gasteiger partial charge in [0, 0.05) is 31.7 Å². The summed E-state index contributed by atoms with van der Waals surface area (Å²) in [5.74, 6) is 0.622. The maximum Gasteiger partial charge on any atom is 0.242 e. The highest BCUT2D eigenvalue weighted by molar-refractivity contribution is 7.91. The Labute approximate surface area is 171 Å². The number of sulfone groups is 1. The van der Waals surface area contributed by atoms with E-state index >= 15 is 0 Å². The maximum absolute atomic E-state index is 12.9. The van der Waals surface area contributed by atoms with Crippen LogP contribution in [0.4, 0.5) is 0 Å². The number of methoxy groups -OCH3 is 1. The fourth-order valence-corrected chi connectivity index (χ4v) is 5.83. The molecule has 0 radical (unpaired) electrons. The summed E-state index contributed by atoms with van der Waals surface area (Å²) in [6.07, 6.45) is 2.93. The zero-order valence-corrected chi connectivity index (χ0v) is 18.3. The minimum atomic E-state index is -3.06. The molecule has 8 nitrogen and oxygen atoms in total. The second kappa shape index (κ2) is 8.14. The van der Waals surface area contributed by atoms with E-state index in [0.29, 0.717) is 25.3 Å². The Balaban J connectivity index is 1.83. The van der Waals surface area contributed by atoms with Crippen molar-refractivity contribution in [2.45, 2.75) is 39.2 Å². The number of carbonyl (C=O) groups excluding carboxylic acids is 1. The molecule has 1 unspecified atom stereocenters. The molecule has 158 valence electrons. The lowest BCUT2D eigenvalue weighted by Crippen LogP contribution is -2.41. The number of pyridine rings is 1. The molecule has 1 saturated heterocycles. The quantitative estimate of drug-likeness (QED) is 0.633. The number of fused-ring (bicyclic) bond motifs is 1. The van der Waals surface area contributed by atoms with Crippen molar-refractivity contribution in [3.63, 3.8) is 0 Å². The molecular weight excluding hydrogens is 392 g/mol. The number of aromatic nitrogens is 3. The van der Waals surface area contributed by atoms with Gasteiger partial charge in [0.1, 0.15) is 0 Å². The summed E-state index contributed by atoms with van der Waals surface area (Å²) in [7, 11) is 0.335. The van der Waals surface area contributed by atoms with E-state index in [-0.39, 0.29) is 29.9 Å². The molecule has 0 N–H and O–H groups in total. The van der Waals surface area contributed by atoms with Crippen molar-refractivity contribution in [2.24, 2.45) is 7.05 Å². The van der Waals surface area contributed by atoms with E-state index in [9.17, 15) is 13.2 Å². The van der Waals surface area contributed by atoms with Crippen LogP contribution in [0, 0.1) is 13.8 Å². The molecule has 1 fully saturated rings. The zero-order chi connectivity index (χ0) is 21.3. The van der Waals surface area contributed by atoms with Crippen LogP contribution in [-0.4, -0.2) is 65.2 Å². The van der Waals surface area contributed by atoms with Gasteiger partial charge in [-0.15, -0.1) is 11.7 Å². The zero-order valence-electron chi connectivity index (χ0n) is 17.4. The fourth-order valence-electron chi connectivity index (χ4n) is 4.10. The average molecular weight is 421 g/mol. The molecule has 29 heavy (non-hydrogen) atoms. The molecule has 2 aromatic rings. The van der Waals surface area contributed by atoms with E-state index in [4.69, 9.17) is 4.74 Å². The molecule has 0 spiro atoms. The van der Waals surface area contributed by atoms with Gasteiger partial charge in [-0.1, -0.05) is 6.08 Å². The van der Waals surface area contributed by atoms with Crippen molar-refractivity contribution >= 4 is 26.8 Å². The highest BCUT2D eigenvalue weighted by atomic mass is 32.2. The molecule has 1 aliphatic rings. The van der Waals surface area contributed by atoms with Crippen LogP contribution in [0.3, 0.4) is 0 Å². The van der Waals surface area contributed by atoms with Gasteiger partial charge in [-0.2, -0.15) is 0 Å². The number of nitrogens with zero attached hydrogens (tertiary/aromatic N) is 4. The van der Waals surface area contributed by atoms with E-state index in [1.807, 2.05) is 20.9 Å². The third-order valence-corrected chi connectivity index (χ3v) is 7.35. The Morgan fingerprint density at radius 3 is 2.72 bits per heavy atom. The second-order valence-electron chi connectivity index (χ2n) is 7.52. The number of aryl methyl sites for hydroxylation is 3. The van der Waals surface area contributed by atoms with Gasteiger partial charge in [-0.25, -0.2) is 18.1 Å². The Morgan fingerprint density at radius 1 is 1.41 bits per heavy atom. The molecule has 3 heterocycles. The lowest BCUT2D eigenvalue weighted by Gasteiger charge is -2.27. The number of ether oxygens (including phenoxy) is 1. The van der Waals surface area contributed by atoms with E-state index in [1.165, 1.54) is 0 Å². The Bertz CT molecular complexity index is 1060. The molecule has 1 amide bonds. The van der Waals surface area contributed by atoms with Crippen molar-refractivity contribution in [3.8, 4) is 5.88 Å².